The number of ether oxygens (including phenoxy) is 1. The lowest BCUT2D eigenvalue weighted by molar-refractivity contribution is -0.116. The van der Waals surface area contributed by atoms with Crippen molar-refractivity contribution in [2.45, 2.75) is 18.8 Å². The van der Waals surface area contributed by atoms with Gasteiger partial charge < -0.3 is 19.8 Å². The molecule has 2 heterocycles. The van der Waals surface area contributed by atoms with E-state index in [9.17, 15) is 9.90 Å². The average molecular weight is 457 g/mol. The van der Waals surface area contributed by atoms with E-state index in [2.05, 4.69) is 44.0 Å². The van der Waals surface area contributed by atoms with Crippen molar-refractivity contribution < 1.29 is 19.7 Å². The van der Waals surface area contributed by atoms with Gasteiger partial charge in [0.05, 0.1) is 31.9 Å². The molecule has 0 spiro atoms. The van der Waals surface area contributed by atoms with Gasteiger partial charge in [-0.15, -0.1) is 0 Å². The molecule has 0 aromatic heterocycles. The minimum atomic E-state index is -0.0395. The van der Waals surface area contributed by atoms with Crippen LogP contribution in [0.25, 0.3) is 0 Å². The number of Topliss-reactive ketones (excluding diaryl/α,β-unsaturated/α-hetero) is 1. The van der Waals surface area contributed by atoms with E-state index in [0.29, 0.717) is 25.0 Å². The first-order valence-corrected chi connectivity index (χ1v) is 12.1. The van der Waals surface area contributed by atoms with E-state index in [-0.39, 0.29) is 24.1 Å². The number of anilines is 1. The molecular formula is C25H36N4O4. The smallest absolute Gasteiger partial charge is 0.168 e. The maximum Gasteiger partial charge on any atom is 0.168 e. The average Bonchev–Trinajstić information content (AvgIpc) is 2.85. The highest BCUT2D eigenvalue weighted by molar-refractivity contribution is 6.14. The first-order valence-electron chi connectivity index (χ1n) is 12.1. The van der Waals surface area contributed by atoms with E-state index in [4.69, 9.17) is 9.84 Å². The molecule has 3 aliphatic rings. The number of aliphatic imine (C=N–C) groups is 1. The fraction of sp³-hybridized carbons (Fsp3) is 0.600. The van der Waals surface area contributed by atoms with Crippen molar-refractivity contribution in [3.8, 4) is 0 Å². The van der Waals surface area contributed by atoms with Crippen LogP contribution < -0.4 is 4.90 Å². The molecule has 2 saturated heterocycles. The summed E-state index contributed by atoms with van der Waals surface area (Å²) in [6.07, 6.45) is 2.43. The minimum absolute atomic E-state index is 0.00334. The number of aliphatic hydroxyl groups excluding tert-OH is 2. The van der Waals surface area contributed by atoms with Gasteiger partial charge in [-0.1, -0.05) is 12.1 Å². The minimum Gasteiger partial charge on any atom is -0.511 e. The first-order chi connectivity index (χ1) is 16.1. The van der Waals surface area contributed by atoms with Gasteiger partial charge in [-0.3, -0.25) is 19.6 Å². The summed E-state index contributed by atoms with van der Waals surface area (Å²) in [4.78, 5) is 24.1. The molecule has 2 aliphatic heterocycles. The zero-order chi connectivity index (χ0) is 23.0. The predicted octanol–water partition coefficient (Wildman–Crippen LogP) is 1.46. The Labute approximate surface area is 196 Å². The Bertz CT molecular complexity index is 840. The molecule has 0 radical (unpaired) electrons. The molecule has 2 N–H and O–H groups in total. The van der Waals surface area contributed by atoms with E-state index < -0.39 is 0 Å². The number of ketones is 1. The SMILES string of the molecule is O=C1CC(c2ccc(N3CCOCC3)cc2)CC(O)=C1C=NCCN1CCN(CCO)CC1. The van der Waals surface area contributed by atoms with Gasteiger partial charge in [0.2, 0.25) is 0 Å². The first kappa shape index (κ1) is 23.9. The maximum atomic E-state index is 12.7. The number of carbonyl (C=O) groups is 1. The molecule has 4 rings (SSSR count). The number of benzene rings is 1. The topological polar surface area (TPSA) is 88.8 Å². The standard InChI is InChI=1S/C25H36N4O4/c30-14-11-28-9-7-27(8-10-28)6-5-26-19-23-24(31)17-21(18-25(23)32)20-1-3-22(4-2-20)29-12-15-33-16-13-29/h1-4,19,21,30-31H,5-18H2. The van der Waals surface area contributed by atoms with Crippen LogP contribution in [0.5, 0.6) is 0 Å². The van der Waals surface area contributed by atoms with Crippen LogP contribution in [-0.2, 0) is 9.53 Å². The molecule has 8 heteroatoms. The largest absolute Gasteiger partial charge is 0.511 e. The van der Waals surface area contributed by atoms with E-state index in [1.807, 2.05) is 0 Å². The third kappa shape index (κ3) is 6.41. The summed E-state index contributed by atoms with van der Waals surface area (Å²) in [7, 11) is 0. The fourth-order valence-electron chi connectivity index (χ4n) is 4.80. The van der Waals surface area contributed by atoms with E-state index >= 15 is 0 Å². The zero-order valence-electron chi connectivity index (χ0n) is 19.4. The molecule has 1 aliphatic carbocycles. The van der Waals surface area contributed by atoms with E-state index in [1.54, 1.807) is 6.21 Å². The monoisotopic (exact) mass is 456 g/mol. The van der Waals surface area contributed by atoms with Crippen molar-refractivity contribution in [1.29, 1.82) is 0 Å². The molecule has 2 fully saturated rings. The van der Waals surface area contributed by atoms with Gasteiger partial charge >= 0.3 is 0 Å². The number of rotatable bonds is 8. The van der Waals surface area contributed by atoms with Crippen LogP contribution in [0.4, 0.5) is 5.69 Å². The maximum absolute atomic E-state index is 12.7. The molecule has 33 heavy (non-hydrogen) atoms. The molecule has 1 atom stereocenters. The van der Waals surface area contributed by atoms with E-state index in [1.165, 1.54) is 5.69 Å². The summed E-state index contributed by atoms with van der Waals surface area (Å²) in [6.45, 7) is 9.54. The molecular weight excluding hydrogens is 420 g/mol. The number of aliphatic hydroxyl groups is 2. The van der Waals surface area contributed by atoms with Gasteiger partial charge in [-0.25, -0.2) is 0 Å². The normalized spacial score (nSPS) is 23.6. The highest BCUT2D eigenvalue weighted by atomic mass is 16.5. The molecule has 0 amide bonds. The lowest BCUT2D eigenvalue weighted by atomic mass is 9.83. The van der Waals surface area contributed by atoms with Gasteiger partial charge in [0, 0.05) is 77.1 Å². The predicted molar refractivity (Wildman–Crippen MR) is 129 cm³/mol. The summed E-state index contributed by atoms with van der Waals surface area (Å²) in [5.74, 6) is 0.112. The second-order valence-electron chi connectivity index (χ2n) is 9.02. The number of piperazine rings is 1. The Morgan fingerprint density at radius 2 is 1.64 bits per heavy atom. The third-order valence-corrected chi connectivity index (χ3v) is 6.87. The quantitative estimate of drug-likeness (QED) is 0.573. The van der Waals surface area contributed by atoms with Gasteiger partial charge in [-0.2, -0.15) is 0 Å². The summed E-state index contributed by atoms with van der Waals surface area (Å²) in [5, 5.41) is 19.6. The number of β-amino-alcohol motifs (C(OH)–C–C–N with tert-alkyl or cyclic N) is 1. The Kier molecular flexibility index (Phi) is 8.50. The molecule has 1 unspecified atom stereocenters. The molecule has 180 valence electrons. The van der Waals surface area contributed by atoms with Crippen molar-refractivity contribution in [3.63, 3.8) is 0 Å². The van der Waals surface area contributed by atoms with Crippen LogP contribution in [-0.4, -0.2) is 111 Å². The van der Waals surface area contributed by atoms with Gasteiger partial charge in [-0.05, 0) is 23.6 Å². The second-order valence-corrected chi connectivity index (χ2v) is 9.02. The highest BCUT2D eigenvalue weighted by Gasteiger charge is 2.28. The summed E-state index contributed by atoms with van der Waals surface area (Å²) < 4.78 is 5.42. The lowest BCUT2D eigenvalue weighted by Crippen LogP contribution is -2.47. The molecule has 1 aromatic rings. The number of morpholine rings is 1. The third-order valence-electron chi connectivity index (χ3n) is 6.87. The van der Waals surface area contributed by atoms with Crippen LogP contribution in [0.3, 0.4) is 0 Å². The second kappa shape index (κ2) is 11.7. The number of hydrogen-bond donors (Lipinski definition) is 2. The number of nitrogens with zero attached hydrogens (tertiary/aromatic N) is 4. The van der Waals surface area contributed by atoms with Gasteiger partial charge in [0.1, 0.15) is 5.76 Å². The Morgan fingerprint density at radius 1 is 0.970 bits per heavy atom. The van der Waals surface area contributed by atoms with Crippen molar-refractivity contribution >= 4 is 17.7 Å². The van der Waals surface area contributed by atoms with Crippen molar-refractivity contribution in [1.82, 2.24) is 9.80 Å². The molecule has 8 nitrogen and oxygen atoms in total. The summed E-state index contributed by atoms with van der Waals surface area (Å²) >= 11 is 0. The number of allylic oxidation sites excluding steroid dienone is 2. The lowest BCUT2D eigenvalue weighted by Gasteiger charge is -2.33. The van der Waals surface area contributed by atoms with Crippen LogP contribution in [0, 0.1) is 0 Å². The molecule has 1 aromatic carbocycles. The molecule has 0 saturated carbocycles. The van der Waals surface area contributed by atoms with Gasteiger partial charge in [0.25, 0.3) is 0 Å². The Balaban J connectivity index is 1.27. The van der Waals surface area contributed by atoms with Crippen molar-refractivity contribution in [2.75, 3.05) is 83.6 Å². The van der Waals surface area contributed by atoms with Crippen LogP contribution in [0.2, 0.25) is 0 Å². The zero-order valence-corrected chi connectivity index (χ0v) is 19.4. The Hall–Kier alpha value is -2.26. The highest BCUT2D eigenvalue weighted by Crippen LogP contribution is 2.34. The fourth-order valence-corrected chi connectivity index (χ4v) is 4.80. The van der Waals surface area contributed by atoms with Crippen molar-refractivity contribution in [2.24, 2.45) is 4.99 Å². The van der Waals surface area contributed by atoms with Gasteiger partial charge in [0.15, 0.2) is 5.78 Å². The van der Waals surface area contributed by atoms with Crippen molar-refractivity contribution in [3.05, 3.63) is 41.2 Å². The Morgan fingerprint density at radius 3 is 2.27 bits per heavy atom. The molecule has 0 bridgehead atoms. The summed E-state index contributed by atoms with van der Waals surface area (Å²) in [5.41, 5.74) is 2.62. The number of hydrogen-bond acceptors (Lipinski definition) is 8. The van der Waals surface area contributed by atoms with Crippen LogP contribution in [0.1, 0.15) is 24.3 Å². The van der Waals surface area contributed by atoms with E-state index in [0.717, 1.165) is 71.1 Å². The van der Waals surface area contributed by atoms with Crippen LogP contribution in [0.15, 0.2) is 40.6 Å². The number of carbonyl (C=O) groups excluding carboxylic acids is 1. The van der Waals surface area contributed by atoms with Crippen LogP contribution >= 0.6 is 0 Å². The summed E-state index contributed by atoms with van der Waals surface area (Å²) in [6, 6.07) is 8.36.